The molecule has 3 heterocycles. The lowest BCUT2D eigenvalue weighted by Crippen LogP contribution is -2.40. The zero-order valence-electron chi connectivity index (χ0n) is 20.1. The summed E-state index contributed by atoms with van der Waals surface area (Å²) in [7, 11) is 1.59. The van der Waals surface area contributed by atoms with Crippen LogP contribution in [0.25, 0.3) is 11.8 Å². The van der Waals surface area contributed by atoms with Crippen LogP contribution in [-0.4, -0.2) is 24.3 Å². The Bertz CT molecular complexity index is 1640. The highest BCUT2D eigenvalue weighted by molar-refractivity contribution is 7.11. The topological polar surface area (TPSA) is 69.9 Å². The van der Waals surface area contributed by atoms with E-state index in [9.17, 15) is 9.59 Å². The highest BCUT2D eigenvalue weighted by atomic mass is 32.1. The molecule has 0 aliphatic carbocycles. The first-order valence-corrected chi connectivity index (χ1v) is 13.2. The number of esters is 1. The molecule has 0 N–H and O–H groups in total. The Hall–Kier alpha value is -3.75. The molecule has 182 valence electrons. The molecule has 0 saturated heterocycles. The van der Waals surface area contributed by atoms with E-state index in [1.165, 1.54) is 11.3 Å². The molecule has 2 aromatic heterocycles. The van der Waals surface area contributed by atoms with Gasteiger partial charge in [-0.25, -0.2) is 9.79 Å². The highest BCUT2D eigenvalue weighted by Gasteiger charge is 2.35. The monoisotopic (exact) mass is 516 g/mol. The number of hydrogen-bond donors (Lipinski definition) is 0. The van der Waals surface area contributed by atoms with Crippen molar-refractivity contribution in [2.45, 2.75) is 19.9 Å². The fourth-order valence-corrected chi connectivity index (χ4v) is 6.13. The summed E-state index contributed by atoms with van der Waals surface area (Å²) in [5, 5.41) is 2.00. The van der Waals surface area contributed by atoms with E-state index >= 15 is 0 Å². The minimum atomic E-state index is -0.725. The second-order valence-electron chi connectivity index (χ2n) is 8.18. The van der Waals surface area contributed by atoms with E-state index in [1.54, 1.807) is 29.9 Å². The number of thiophene rings is 1. The lowest BCUT2D eigenvalue weighted by molar-refractivity contribution is -0.138. The zero-order valence-corrected chi connectivity index (χ0v) is 21.7. The van der Waals surface area contributed by atoms with Crippen molar-refractivity contribution in [3.63, 3.8) is 0 Å². The van der Waals surface area contributed by atoms with Crippen LogP contribution in [0.2, 0.25) is 0 Å². The number of carbonyl (C=O) groups excluding carboxylic acids is 1. The van der Waals surface area contributed by atoms with Gasteiger partial charge in [0.25, 0.3) is 5.56 Å². The molecule has 36 heavy (non-hydrogen) atoms. The smallest absolute Gasteiger partial charge is 0.338 e. The van der Waals surface area contributed by atoms with Crippen molar-refractivity contribution in [2.75, 3.05) is 13.7 Å². The summed E-state index contributed by atoms with van der Waals surface area (Å²) in [6.45, 7) is 3.99. The maximum absolute atomic E-state index is 13.8. The van der Waals surface area contributed by atoms with Gasteiger partial charge < -0.3 is 9.47 Å². The molecule has 0 fully saturated rings. The SMILES string of the molecule is CCOC(=O)C1=C(c2ccccc2)N=c2sc(=Cc3sccc3C)c(=O)n2[C@@H]1c1cccc(OC)c1. The molecule has 1 atom stereocenters. The van der Waals surface area contributed by atoms with Crippen LogP contribution in [0.1, 0.15) is 34.5 Å². The van der Waals surface area contributed by atoms with Crippen molar-refractivity contribution in [3.8, 4) is 5.75 Å². The Labute approximate surface area is 216 Å². The van der Waals surface area contributed by atoms with Crippen LogP contribution in [0.4, 0.5) is 0 Å². The van der Waals surface area contributed by atoms with Crippen molar-refractivity contribution in [3.05, 3.63) is 113 Å². The molecule has 0 amide bonds. The fourth-order valence-electron chi connectivity index (χ4n) is 4.22. The first-order valence-electron chi connectivity index (χ1n) is 11.5. The van der Waals surface area contributed by atoms with E-state index in [1.807, 2.05) is 79.0 Å². The van der Waals surface area contributed by atoms with Gasteiger partial charge in [-0.15, -0.1) is 11.3 Å². The van der Waals surface area contributed by atoms with Crippen molar-refractivity contribution >= 4 is 40.4 Å². The lowest BCUT2D eigenvalue weighted by Gasteiger charge is -2.26. The Balaban J connectivity index is 1.85. The largest absolute Gasteiger partial charge is 0.497 e. The lowest BCUT2D eigenvalue weighted by atomic mass is 9.93. The molecule has 0 bridgehead atoms. The normalized spacial score (nSPS) is 15.4. The quantitative estimate of drug-likeness (QED) is 0.358. The van der Waals surface area contributed by atoms with E-state index in [0.717, 1.165) is 21.6 Å². The first-order chi connectivity index (χ1) is 17.5. The van der Waals surface area contributed by atoms with Crippen molar-refractivity contribution in [1.29, 1.82) is 0 Å². The van der Waals surface area contributed by atoms with Gasteiger partial charge in [0.05, 0.1) is 35.6 Å². The molecular weight excluding hydrogens is 492 g/mol. The number of aromatic nitrogens is 1. The van der Waals surface area contributed by atoms with Crippen LogP contribution in [0.5, 0.6) is 5.75 Å². The summed E-state index contributed by atoms with van der Waals surface area (Å²) in [4.78, 5) is 33.7. The van der Waals surface area contributed by atoms with Gasteiger partial charge in [-0.05, 0) is 54.6 Å². The number of ether oxygens (including phenoxy) is 2. The van der Waals surface area contributed by atoms with E-state index in [-0.39, 0.29) is 12.2 Å². The van der Waals surface area contributed by atoms with Gasteiger partial charge in [0, 0.05) is 10.4 Å². The third-order valence-corrected chi connectivity index (χ3v) is 7.90. The summed E-state index contributed by atoms with van der Waals surface area (Å²) in [5.74, 6) is 0.126. The van der Waals surface area contributed by atoms with Gasteiger partial charge in [-0.2, -0.15) is 0 Å². The van der Waals surface area contributed by atoms with E-state index in [2.05, 4.69) is 0 Å². The Morgan fingerprint density at radius 3 is 2.64 bits per heavy atom. The number of aryl methyl sites for hydroxylation is 1. The standard InChI is InChI=1S/C28H24N2O4S2/c1-4-34-27(32)23-24(18-9-6-5-7-10-18)29-28-30(25(23)19-11-8-12-20(15-19)33-3)26(31)22(36-28)16-21-17(2)13-14-35-21/h5-16,25H,4H2,1-3H3/t25-/m1/s1. The molecule has 0 spiro atoms. The minimum absolute atomic E-state index is 0.201. The number of rotatable bonds is 6. The molecule has 6 nitrogen and oxygen atoms in total. The average molecular weight is 517 g/mol. The maximum atomic E-state index is 13.8. The predicted octanol–water partition coefficient (Wildman–Crippen LogP) is 4.31. The molecule has 0 unspecified atom stereocenters. The van der Waals surface area contributed by atoms with Crippen molar-refractivity contribution < 1.29 is 14.3 Å². The van der Waals surface area contributed by atoms with Crippen LogP contribution in [0.15, 0.2) is 81.4 Å². The second kappa shape index (κ2) is 10.1. The predicted molar refractivity (Wildman–Crippen MR) is 143 cm³/mol. The van der Waals surface area contributed by atoms with Crippen LogP contribution >= 0.6 is 22.7 Å². The van der Waals surface area contributed by atoms with Gasteiger partial charge in [0.2, 0.25) is 0 Å². The summed E-state index contributed by atoms with van der Waals surface area (Å²) in [6.07, 6.45) is 1.91. The minimum Gasteiger partial charge on any atom is -0.497 e. The number of methoxy groups -OCH3 is 1. The van der Waals surface area contributed by atoms with Gasteiger partial charge in [0.15, 0.2) is 4.80 Å². The number of fused-ring (bicyclic) bond motifs is 1. The summed E-state index contributed by atoms with van der Waals surface area (Å²) < 4.78 is 13.1. The molecule has 8 heteroatoms. The number of carbonyl (C=O) groups is 1. The number of nitrogens with zero attached hydrogens (tertiary/aromatic N) is 2. The number of benzene rings is 2. The molecule has 1 aliphatic rings. The van der Waals surface area contributed by atoms with Crippen LogP contribution in [0, 0.1) is 6.92 Å². The van der Waals surface area contributed by atoms with Crippen LogP contribution in [-0.2, 0) is 9.53 Å². The van der Waals surface area contributed by atoms with Crippen LogP contribution in [0.3, 0.4) is 0 Å². The van der Waals surface area contributed by atoms with Crippen molar-refractivity contribution in [1.82, 2.24) is 4.57 Å². The number of hydrogen-bond acceptors (Lipinski definition) is 7. The zero-order chi connectivity index (χ0) is 25.2. The molecule has 4 aromatic rings. The van der Waals surface area contributed by atoms with Gasteiger partial charge in [-0.3, -0.25) is 9.36 Å². The molecule has 0 radical (unpaired) electrons. The Morgan fingerprint density at radius 2 is 1.94 bits per heavy atom. The average Bonchev–Trinajstić information content (AvgIpc) is 3.45. The maximum Gasteiger partial charge on any atom is 0.338 e. The molecule has 1 aliphatic heterocycles. The summed E-state index contributed by atoms with van der Waals surface area (Å²) in [5.41, 5.74) is 3.24. The molecule has 0 saturated carbocycles. The molecule has 5 rings (SSSR count). The summed E-state index contributed by atoms with van der Waals surface area (Å²) >= 11 is 2.90. The molecular formula is C28H24N2O4S2. The van der Waals surface area contributed by atoms with Crippen LogP contribution < -0.4 is 19.6 Å². The Morgan fingerprint density at radius 1 is 1.14 bits per heavy atom. The van der Waals surface area contributed by atoms with E-state index < -0.39 is 12.0 Å². The van der Waals surface area contributed by atoms with Gasteiger partial charge >= 0.3 is 5.97 Å². The third kappa shape index (κ3) is 4.34. The number of thiazole rings is 1. The van der Waals surface area contributed by atoms with E-state index in [4.69, 9.17) is 14.5 Å². The van der Waals surface area contributed by atoms with Crippen molar-refractivity contribution in [2.24, 2.45) is 4.99 Å². The first kappa shape index (κ1) is 24.0. The highest BCUT2D eigenvalue weighted by Crippen LogP contribution is 2.36. The second-order valence-corrected chi connectivity index (χ2v) is 10.1. The van der Waals surface area contributed by atoms with E-state index in [0.29, 0.717) is 26.4 Å². The van der Waals surface area contributed by atoms with Gasteiger partial charge in [0.1, 0.15) is 5.75 Å². The Kier molecular flexibility index (Phi) is 6.71. The van der Waals surface area contributed by atoms with Gasteiger partial charge in [-0.1, -0.05) is 53.8 Å². The fraction of sp³-hybridized carbons (Fsp3) is 0.179. The third-order valence-electron chi connectivity index (χ3n) is 5.95. The molecule has 2 aromatic carbocycles. The summed E-state index contributed by atoms with van der Waals surface area (Å²) in [6, 6.07) is 18.2.